The van der Waals surface area contributed by atoms with Crippen LogP contribution in [0.2, 0.25) is 0 Å². The van der Waals surface area contributed by atoms with Crippen molar-refractivity contribution in [3.8, 4) is 0 Å². The third-order valence-corrected chi connectivity index (χ3v) is 5.28. The molecule has 0 aliphatic heterocycles. The van der Waals surface area contributed by atoms with Gasteiger partial charge in [0, 0.05) is 23.6 Å². The fourth-order valence-electron chi connectivity index (χ4n) is 4.02. The first-order chi connectivity index (χ1) is 9.76. The normalized spacial score (nSPS) is 27.9. The van der Waals surface area contributed by atoms with E-state index in [9.17, 15) is 0 Å². The van der Waals surface area contributed by atoms with Crippen molar-refractivity contribution in [2.75, 3.05) is 5.73 Å². The van der Waals surface area contributed by atoms with E-state index < -0.39 is 0 Å². The minimum Gasteiger partial charge on any atom is -0.384 e. The van der Waals surface area contributed by atoms with Crippen LogP contribution in [0.25, 0.3) is 0 Å². The van der Waals surface area contributed by atoms with Gasteiger partial charge in [0.05, 0.1) is 0 Å². The Kier molecular flexibility index (Phi) is 4.23. The summed E-state index contributed by atoms with van der Waals surface area (Å²) in [5.41, 5.74) is 7.26. The minimum absolute atomic E-state index is 0.539. The number of rotatable bonds is 3. The summed E-state index contributed by atoms with van der Waals surface area (Å²) < 4.78 is 0. The molecule has 3 nitrogen and oxygen atoms in total. The highest BCUT2D eigenvalue weighted by Crippen LogP contribution is 2.38. The molecule has 0 amide bonds. The maximum atomic E-state index is 6.05. The van der Waals surface area contributed by atoms with Crippen LogP contribution in [0.1, 0.15) is 88.1 Å². The quantitative estimate of drug-likeness (QED) is 0.888. The molecule has 1 heterocycles. The average molecular weight is 273 g/mol. The number of anilines is 1. The van der Waals surface area contributed by atoms with Crippen molar-refractivity contribution in [2.24, 2.45) is 5.92 Å². The maximum absolute atomic E-state index is 6.05. The van der Waals surface area contributed by atoms with Gasteiger partial charge < -0.3 is 5.73 Å². The number of nitrogens with two attached hydrogens (primary N) is 1. The summed E-state index contributed by atoms with van der Waals surface area (Å²) in [6, 6.07) is 2.01. The first-order valence-corrected chi connectivity index (χ1v) is 8.40. The predicted molar refractivity (Wildman–Crippen MR) is 82.6 cm³/mol. The van der Waals surface area contributed by atoms with Gasteiger partial charge in [-0.15, -0.1) is 0 Å². The second-order valence-electron chi connectivity index (χ2n) is 6.70. The second-order valence-corrected chi connectivity index (χ2v) is 6.70. The van der Waals surface area contributed by atoms with Crippen LogP contribution in [-0.2, 0) is 0 Å². The lowest BCUT2D eigenvalue weighted by atomic mass is 9.80. The number of nitrogen functional groups attached to an aromatic ring is 1. The van der Waals surface area contributed by atoms with Crippen LogP contribution in [0.3, 0.4) is 0 Å². The molecule has 2 aliphatic rings. The van der Waals surface area contributed by atoms with Gasteiger partial charge in [0.15, 0.2) is 0 Å². The van der Waals surface area contributed by atoms with Gasteiger partial charge in [-0.25, -0.2) is 9.97 Å². The Hall–Kier alpha value is -1.12. The average Bonchev–Trinajstić information content (AvgIpc) is 3.01. The zero-order valence-electron chi connectivity index (χ0n) is 12.6. The van der Waals surface area contributed by atoms with Crippen LogP contribution < -0.4 is 5.73 Å². The molecule has 0 saturated heterocycles. The largest absolute Gasteiger partial charge is 0.384 e. The first kappa shape index (κ1) is 13.8. The number of hydrogen-bond acceptors (Lipinski definition) is 3. The molecule has 1 aromatic heterocycles. The fourth-order valence-corrected chi connectivity index (χ4v) is 4.02. The third-order valence-electron chi connectivity index (χ3n) is 5.28. The third kappa shape index (κ3) is 2.97. The molecule has 3 heteroatoms. The van der Waals surface area contributed by atoms with E-state index in [0.29, 0.717) is 17.7 Å². The van der Waals surface area contributed by atoms with Crippen molar-refractivity contribution in [2.45, 2.75) is 76.5 Å². The monoisotopic (exact) mass is 273 g/mol. The Morgan fingerprint density at radius 2 is 1.80 bits per heavy atom. The molecule has 2 saturated carbocycles. The smallest absolute Gasteiger partial charge is 0.134 e. The highest BCUT2D eigenvalue weighted by molar-refractivity contribution is 5.32. The molecular formula is C17H27N3. The zero-order chi connectivity index (χ0) is 13.9. The van der Waals surface area contributed by atoms with Crippen LogP contribution in [-0.4, -0.2) is 9.97 Å². The van der Waals surface area contributed by atoms with Crippen molar-refractivity contribution < 1.29 is 0 Å². The predicted octanol–water partition coefficient (Wildman–Crippen LogP) is 4.40. The van der Waals surface area contributed by atoms with Gasteiger partial charge in [0.2, 0.25) is 0 Å². The van der Waals surface area contributed by atoms with Crippen molar-refractivity contribution >= 4 is 5.82 Å². The van der Waals surface area contributed by atoms with Crippen molar-refractivity contribution in [1.29, 1.82) is 0 Å². The van der Waals surface area contributed by atoms with Gasteiger partial charge in [-0.3, -0.25) is 0 Å². The lowest BCUT2D eigenvalue weighted by Gasteiger charge is -2.28. The molecule has 1 aromatic rings. The lowest BCUT2D eigenvalue weighted by molar-refractivity contribution is 0.307. The number of hydrogen-bond donors (Lipinski definition) is 1. The summed E-state index contributed by atoms with van der Waals surface area (Å²) in [5, 5.41) is 0. The van der Waals surface area contributed by atoms with Gasteiger partial charge in [-0.2, -0.15) is 0 Å². The van der Waals surface area contributed by atoms with Crippen LogP contribution in [0.5, 0.6) is 0 Å². The van der Waals surface area contributed by atoms with E-state index in [1.54, 1.807) is 0 Å². The Morgan fingerprint density at radius 3 is 2.55 bits per heavy atom. The molecular weight excluding hydrogens is 246 g/mol. The Morgan fingerprint density at radius 1 is 1.05 bits per heavy atom. The van der Waals surface area contributed by atoms with Crippen LogP contribution in [0.15, 0.2) is 6.07 Å². The van der Waals surface area contributed by atoms with E-state index >= 15 is 0 Å². The molecule has 0 radical (unpaired) electrons. The van der Waals surface area contributed by atoms with E-state index in [0.717, 1.165) is 11.7 Å². The molecule has 2 atom stereocenters. The van der Waals surface area contributed by atoms with Gasteiger partial charge in [-0.05, 0) is 31.6 Å². The molecule has 3 rings (SSSR count). The summed E-state index contributed by atoms with van der Waals surface area (Å²) in [6.45, 7) is 2.30. The highest BCUT2D eigenvalue weighted by atomic mass is 15.0. The molecule has 0 spiro atoms. The van der Waals surface area contributed by atoms with E-state index in [1.165, 1.54) is 63.5 Å². The summed E-state index contributed by atoms with van der Waals surface area (Å²) in [5.74, 6) is 3.73. The van der Waals surface area contributed by atoms with Crippen molar-refractivity contribution in [3.63, 3.8) is 0 Å². The lowest BCUT2D eigenvalue weighted by Crippen LogP contribution is -2.17. The molecule has 2 unspecified atom stereocenters. The highest BCUT2D eigenvalue weighted by Gasteiger charge is 2.26. The van der Waals surface area contributed by atoms with Crippen LogP contribution in [0, 0.1) is 5.92 Å². The van der Waals surface area contributed by atoms with Crippen molar-refractivity contribution in [1.82, 2.24) is 9.97 Å². The molecule has 20 heavy (non-hydrogen) atoms. The molecule has 0 aromatic carbocycles. The number of aromatic nitrogens is 2. The maximum Gasteiger partial charge on any atom is 0.134 e. The Labute approximate surface area is 122 Å². The van der Waals surface area contributed by atoms with Gasteiger partial charge >= 0.3 is 0 Å². The summed E-state index contributed by atoms with van der Waals surface area (Å²) >= 11 is 0. The van der Waals surface area contributed by atoms with Gasteiger partial charge in [0.25, 0.3) is 0 Å². The fraction of sp³-hybridized carbons (Fsp3) is 0.765. The van der Waals surface area contributed by atoms with E-state index in [-0.39, 0.29) is 0 Å². The van der Waals surface area contributed by atoms with Gasteiger partial charge in [-0.1, -0.05) is 39.0 Å². The second kappa shape index (κ2) is 6.11. The minimum atomic E-state index is 0.539. The van der Waals surface area contributed by atoms with Crippen LogP contribution >= 0.6 is 0 Å². The van der Waals surface area contributed by atoms with E-state index in [1.807, 2.05) is 6.07 Å². The SMILES string of the molecule is CCC1CCCC(c2nc(N)cc(C3CCCC3)n2)C1. The molecule has 0 bridgehead atoms. The molecule has 2 fully saturated rings. The van der Waals surface area contributed by atoms with Crippen LogP contribution in [0.4, 0.5) is 5.82 Å². The topological polar surface area (TPSA) is 51.8 Å². The molecule has 2 aliphatic carbocycles. The molecule has 110 valence electrons. The summed E-state index contributed by atoms with van der Waals surface area (Å²) in [7, 11) is 0. The summed E-state index contributed by atoms with van der Waals surface area (Å²) in [4.78, 5) is 9.48. The van der Waals surface area contributed by atoms with E-state index in [2.05, 4.69) is 11.9 Å². The zero-order valence-corrected chi connectivity index (χ0v) is 12.6. The summed E-state index contributed by atoms with van der Waals surface area (Å²) in [6.07, 6.45) is 11.7. The Bertz CT molecular complexity index is 452. The molecule has 2 N–H and O–H groups in total. The van der Waals surface area contributed by atoms with Crippen molar-refractivity contribution in [3.05, 3.63) is 17.6 Å². The Balaban J connectivity index is 1.81. The standard InChI is InChI=1S/C17H27N3/c1-2-12-6-5-9-14(10-12)17-19-15(11-16(18)20-17)13-7-3-4-8-13/h11-14H,2-10H2,1H3,(H2,18,19,20). The van der Waals surface area contributed by atoms with Gasteiger partial charge in [0.1, 0.15) is 11.6 Å². The number of nitrogens with zero attached hydrogens (tertiary/aromatic N) is 2. The van der Waals surface area contributed by atoms with E-state index in [4.69, 9.17) is 10.7 Å². The first-order valence-electron chi connectivity index (χ1n) is 8.40.